The first kappa shape index (κ1) is 58.3. The average Bonchev–Trinajstić information content (AvgIpc) is 3.46. The molecule has 0 aliphatic carbocycles. The molecule has 75 heavy (non-hydrogen) atoms. The number of hydrogen-bond donors (Lipinski definition) is 0. The maximum absolute atomic E-state index is 13.7. The normalized spacial score (nSPS) is 12.2. The first-order chi connectivity index (χ1) is 37.0. The Labute approximate surface area is 451 Å². The molecule has 0 spiro atoms. The molecule has 0 radical (unpaired) electrons. The summed E-state index contributed by atoms with van der Waals surface area (Å²) >= 11 is 0. The Hall–Kier alpha value is -5.93. The molecule has 1 atom stereocenters. The largest absolute Gasteiger partial charge is 0.462 e. The summed E-state index contributed by atoms with van der Waals surface area (Å²) in [6, 6.07) is 64.5. The van der Waals surface area contributed by atoms with Gasteiger partial charge < -0.3 is 14.2 Å². The van der Waals surface area contributed by atoms with E-state index in [0.717, 1.165) is 70.1 Å². The van der Waals surface area contributed by atoms with Gasteiger partial charge in [-0.1, -0.05) is 173 Å². The van der Waals surface area contributed by atoms with Crippen molar-refractivity contribution in [2.75, 3.05) is 25.5 Å². The van der Waals surface area contributed by atoms with Crippen molar-refractivity contribution in [1.29, 1.82) is 0 Å². The van der Waals surface area contributed by atoms with Crippen LogP contribution in [-0.4, -0.2) is 49.5 Å². The van der Waals surface area contributed by atoms with Crippen molar-refractivity contribution in [3.8, 4) is 0 Å². The third kappa shape index (κ3) is 19.0. The van der Waals surface area contributed by atoms with Crippen LogP contribution in [0.15, 0.2) is 206 Å². The van der Waals surface area contributed by atoms with Crippen molar-refractivity contribution in [3.05, 3.63) is 206 Å². The minimum absolute atomic E-state index is 0.166. The molecule has 6 rings (SSSR count). The molecule has 8 heteroatoms. The lowest BCUT2D eigenvalue weighted by Crippen LogP contribution is -2.33. The molecule has 394 valence electrons. The summed E-state index contributed by atoms with van der Waals surface area (Å²) in [6.07, 6.45) is 25.6. The third-order valence-corrected chi connectivity index (χ3v) is 23.0. The van der Waals surface area contributed by atoms with Crippen molar-refractivity contribution < 1.29 is 28.6 Å². The molecule has 1 unspecified atom stereocenters. The molecule has 0 N–H and O–H groups in total. The van der Waals surface area contributed by atoms with Gasteiger partial charge in [0, 0.05) is 19.3 Å². The monoisotopic (exact) mass is 1040 g/mol. The van der Waals surface area contributed by atoms with Gasteiger partial charge in [-0.3, -0.25) is 14.4 Å². The van der Waals surface area contributed by atoms with Crippen LogP contribution in [0.3, 0.4) is 0 Å². The highest BCUT2D eigenvalue weighted by molar-refractivity contribution is 7.96. The van der Waals surface area contributed by atoms with Crippen LogP contribution in [0.4, 0.5) is 0 Å². The van der Waals surface area contributed by atoms with Crippen LogP contribution in [0, 0.1) is 0 Å². The van der Waals surface area contributed by atoms with Crippen LogP contribution in [0.2, 0.25) is 0 Å². The molecule has 0 aliphatic heterocycles. The van der Waals surface area contributed by atoms with Gasteiger partial charge >= 0.3 is 17.9 Å². The summed E-state index contributed by atoms with van der Waals surface area (Å²) in [4.78, 5) is 40.2. The molecule has 0 aliphatic rings. The molecule has 0 heterocycles. The van der Waals surface area contributed by atoms with Crippen LogP contribution in [0.25, 0.3) is 0 Å². The summed E-state index contributed by atoms with van der Waals surface area (Å²) in [5.41, 5.74) is 0. The molecule has 0 bridgehead atoms. The minimum Gasteiger partial charge on any atom is -0.462 e. The number of esters is 3. The van der Waals surface area contributed by atoms with E-state index in [2.05, 4.69) is 213 Å². The van der Waals surface area contributed by atoms with Crippen molar-refractivity contribution in [1.82, 2.24) is 0 Å². The molecule has 0 aromatic heterocycles. The minimum atomic E-state index is -2.05. The fourth-order valence-corrected chi connectivity index (χ4v) is 18.8. The molecular weight excluding hydrogens is 963 g/mol. The van der Waals surface area contributed by atoms with Crippen molar-refractivity contribution >= 4 is 64.3 Å². The first-order valence-corrected chi connectivity index (χ1v) is 31.8. The van der Waals surface area contributed by atoms with Gasteiger partial charge in [0.2, 0.25) is 0 Å². The highest BCUT2D eigenvalue weighted by Gasteiger charge is 2.46. The zero-order valence-electron chi connectivity index (χ0n) is 44.6. The zero-order valence-corrected chi connectivity index (χ0v) is 46.4. The third-order valence-electron chi connectivity index (χ3n) is 13.9. The zero-order chi connectivity index (χ0) is 52.5. The fourth-order valence-electron chi connectivity index (χ4n) is 9.96. The number of carbonyl (C=O) groups excluding carboxylic acids is 3. The van der Waals surface area contributed by atoms with E-state index in [1.807, 2.05) is 0 Å². The van der Waals surface area contributed by atoms with E-state index in [4.69, 9.17) is 14.2 Å². The van der Waals surface area contributed by atoms with E-state index in [1.54, 1.807) is 0 Å². The summed E-state index contributed by atoms with van der Waals surface area (Å²) in [5.74, 6) is -1.09. The van der Waals surface area contributed by atoms with Crippen molar-refractivity contribution in [3.63, 3.8) is 0 Å². The lowest BCUT2D eigenvalue weighted by atomic mass is 10.1. The van der Waals surface area contributed by atoms with Gasteiger partial charge in [-0.25, -0.2) is 0 Å². The molecule has 0 amide bonds. The Morgan fingerprint density at radius 3 is 1.04 bits per heavy atom. The summed E-state index contributed by atoms with van der Waals surface area (Å²) in [5, 5.41) is 7.84. The molecule has 6 aromatic carbocycles. The smallest absolute Gasteiger partial charge is 0.306 e. The number of ether oxygens (including phenoxy) is 3. The van der Waals surface area contributed by atoms with E-state index in [9.17, 15) is 14.4 Å². The maximum atomic E-state index is 13.7. The van der Waals surface area contributed by atoms with E-state index in [1.165, 1.54) is 57.5 Å². The predicted molar refractivity (Wildman–Crippen MR) is 319 cm³/mol. The number of rotatable bonds is 35. The van der Waals surface area contributed by atoms with Gasteiger partial charge in [-0.15, -0.1) is 0 Å². The molecule has 0 saturated heterocycles. The second kappa shape index (κ2) is 33.9. The van der Waals surface area contributed by atoms with Crippen LogP contribution < -0.4 is 31.8 Å². The highest BCUT2D eigenvalue weighted by Crippen LogP contribution is 2.57. The molecule has 6 aromatic rings. The van der Waals surface area contributed by atoms with Crippen molar-refractivity contribution in [2.24, 2.45) is 0 Å². The number of hydrogen-bond acceptors (Lipinski definition) is 6. The first-order valence-electron chi connectivity index (χ1n) is 27.9. The molecular formula is C67H82O6P2+2. The van der Waals surface area contributed by atoms with Gasteiger partial charge in [-0.05, 0) is 137 Å². The van der Waals surface area contributed by atoms with Crippen LogP contribution in [0.5, 0.6) is 0 Å². The van der Waals surface area contributed by atoms with E-state index < -0.39 is 26.6 Å². The Morgan fingerprint density at radius 2 is 0.680 bits per heavy atom. The highest BCUT2D eigenvalue weighted by atomic mass is 31.2. The summed E-state index contributed by atoms with van der Waals surface area (Å²) in [6.45, 7) is 1.89. The van der Waals surface area contributed by atoms with E-state index >= 15 is 0 Å². The molecule has 0 fully saturated rings. The summed E-state index contributed by atoms with van der Waals surface area (Å²) in [7, 11) is -4.08. The van der Waals surface area contributed by atoms with E-state index in [-0.39, 0.29) is 38.0 Å². The molecule has 0 saturated carbocycles. The number of unbranched alkanes of at least 4 members (excludes halogenated alkanes) is 10. The SMILES string of the molecule is CCCCC/C=C\C/C=C\CCCCCCCC(=O)OCC(COC(=O)CCCC[P+](c1ccccc1)(c1ccccc1)c1ccccc1)OC(=O)CCCC[P+](c1ccccc1)(c1ccccc1)c1ccccc1. The fraction of sp³-hybridized carbons (Fsp3) is 0.358. The van der Waals surface area contributed by atoms with Gasteiger partial charge in [0.15, 0.2) is 6.10 Å². The number of benzene rings is 6. The predicted octanol–water partition coefficient (Wildman–Crippen LogP) is 14.1. The van der Waals surface area contributed by atoms with E-state index in [0.29, 0.717) is 19.3 Å². The summed E-state index contributed by atoms with van der Waals surface area (Å²) < 4.78 is 17.5. The van der Waals surface area contributed by atoms with Crippen LogP contribution in [0.1, 0.15) is 122 Å². The van der Waals surface area contributed by atoms with Gasteiger partial charge in [0.25, 0.3) is 0 Å². The van der Waals surface area contributed by atoms with Crippen LogP contribution in [-0.2, 0) is 28.6 Å². The maximum Gasteiger partial charge on any atom is 0.306 e. The van der Waals surface area contributed by atoms with Gasteiger partial charge in [0.1, 0.15) is 59.6 Å². The number of allylic oxidation sites excluding steroid dienone is 4. The number of carbonyl (C=O) groups is 3. The van der Waals surface area contributed by atoms with Crippen LogP contribution >= 0.6 is 14.5 Å². The standard InChI is InChI=1S/C67H82O6P2/c1-2-3-4-5-6-7-8-9-10-11-12-13-14-15-34-51-65(68)71-56-58(73-67(70)53-36-38-55-75(62-45-28-19-29-46-62,63-47-30-20-31-48-63)64-49-32-21-33-50-64)57-72-66(69)52-35-37-54-74(59-39-22-16-23-40-59,60-41-24-17-25-42-60)61-43-26-18-27-44-61/h6-7,9-10,16-33,39-50,58H,2-5,8,11-15,34-38,51-57H2,1H3/q+2/b7-6-,10-9-. The van der Waals surface area contributed by atoms with Crippen molar-refractivity contribution in [2.45, 2.75) is 129 Å². The van der Waals surface area contributed by atoms with Gasteiger partial charge in [-0.2, -0.15) is 0 Å². The topological polar surface area (TPSA) is 78.9 Å². The average molecular weight is 1050 g/mol. The second-order valence-corrected chi connectivity index (χ2v) is 26.7. The van der Waals surface area contributed by atoms with Gasteiger partial charge in [0.05, 0.1) is 12.3 Å². The Kier molecular flexibility index (Phi) is 26.3. The lowest BCUT2D eigenvalue weighted by molar-refractivity contribution is -0.167. The Bertz CT molecular complexity index is 2360. The quantitative estimate of drug-likeness (QED) is 0.0130. The Balaban J connectivity index is 1.02. The second-order valence-electron chi connectivity index (χ2n) is 19.5. The lowest BCUT2D eigenvalue weighted by Gasteiger charge is -2.27. The molecule has 6 nitrogen and oxygen atoms in total. The Morgan fingerprint density at radius 1 is 0.373 bits per heavy atom.